The first kappa shape index (κ1) is 22.7. The number of benzene rings is 3. The van der Waals surface area contributed by atoms with E-state index in [1.54, 1.807) is 13.2 Å². The maximum Gasteiger partial charge on any atom is 0.250 e. The first-order chi connectivity index (χ1) is 16.1. The van der Waals surface area contributed by atoms with Crippen molar-refractivity contribution >= 4 is 17.3 Å². The fourth-order valence-corrected chi connectivity index (χ4v) is 4.32. The van der Waals surface area contributed by atoms with Crippen LogP contribution in [0.2, 0.25) is 0 Å². The molecule has 33 heavy (non-hydrogen) atoms. The lowest BCUT2D eigenvalue weighted by molar-refractivity contribution is 0.100. The molecule has 0 bridgehead atoms. The van der Waals surface area contributed by atoms with Crippen molar-refractivity contribution in [2.75, 3.05) is 56.2 Å². The van der Waals surface area contributed by atoms with Gasteiger partial charge in [-0.2, -0.15) is 0 Å². The lowest BCUT2D eigenvalue weighted by Crippen LogP contribution is -2.48. The van der Waals surface area contributed by atoms with Gasteiger partial charge in [0.1, 0.15) is 5.75 Å². The number of rotatable bonds is 9. The molecule has 3 aromatic rings. The number of ether oxygens (including phenoxy) is 1. The van der Waals surface area contributed by atoms with Gasteiger partial charge in [0.25, 0.3) is 5.91 Å². The van der Waals surface area contributed by atoms with Gasteiger partial charge in [-0.25, -0.2) is 0 Å². The number of piperazine rings is 1. The van der Waals surface area contributed by atoms with Gasteiger partial charge in [-0.15, -0.1) is 0 Å². The first-order valence-corrected chi connectivity index (χ1v) is 11.4. The number of hydrogen-bond acceptors (Lipinski definition) is 5. The van der Waals surface area contributed by atoms with E-state index in [1.807, 2.05) is 30.3 Å². The predicted molar refractivity (Wildman–Crippen MR) is 134 cm³/mol. The van der Waals surface area contributed by atoms with E-state index < -0.39 is 5.91 Å². The zero-order valence-corrected chi connectivity index (χ0v) is 19.2. The topological polar surface area (TPSA) is 62.0 Å². The van der Waals surface area contributed by atoms with Crippen molar-refractivity contribution in [1.82, 2.24) is 4.90 Å². The van der Waals surface area contributed by atoms with Crippen LogP contribution in [0.15, 0.2) is 78.9 Å². The molecular weight excluding hydrogens is 412 g/mol. The Morgan fingerprint density at radius 1 is 0.909 bits per heavy atom. The number of methoxy groups -OCH3 is 1. The summed E-state index contributed by atoms with van der Waals surface area (Å²) in [6.07, 6.45) is 0. The van der Waals surface area contributed by atoms with Crippen LogP contribution in [0.4, 0.5) is 11.4 Å². The number of carbonyl (C=O) groups is 1. The third-order valence-corrected chi connectivity index (χ3v) is 6.22. The quantitative estimate of drug-likeness (QED) is 0.546. The normalized spacial score (nSPS) is 14.2. The Kier molecular flexibility index (Phi) is 7.47. The summed E-state index contributed by atoms with van der Waals surface area (Å²) < 4.78 is 5.29. The summed E-state index contributed by atoms with van der Waals surface area (Å²) in [6.45, 7) is 6.48. The van der Waals surface area contributed by atoms with Gasteiger partial charge in [0.15, 0.2) is 0 Å². The van der Waals surface area contributed by atoms with Crippen molar-refractivity contribution in [1.29, 1.82) is 0 Å². The fraction of sp³-hybridized carbons (Fsp3) is 0.296. The third kappa shape index (κ3) is 5.84. The van der Waals surface area contributed by atoms with Crippen molar-refractivity contribution in [3.05, 3.63) is 90.0 Å². The van der Waals surface area contributed by atoms with Gasteiger partial charge in [-0.3, -0.25) is 9.69 Å². The van der Waals surface area contributed by atoms with Gasteiger partial charge < -0.3 is 20.3 Å². The maximum absolute atomic E-state index is 12.1. The van der Waals surface area contributed by atoms with Crippen molar-refractivity contribution < 1.29 is 9.53 Å². The van der Waals surface area contributed by atoms with E-state index in [0.29, 0.717) is 12.1 Å². The Balaban J connectivity index is 1.44. The molecule has 1 aliphatic rings. The minimum Gasteiger partial charge on any atom is -0.497 e. The lowest BCUT2D eigenvalue weighted by atomic mass is 10.1. The zero-order chi connectivity index (χ0) is 23.0. The number of hydrogen-bond donors (Lipinski definition) is 1. The van der Waals surface area contributed by atoms with Gasteiger partial charge >= 0.3 is 0 Å². The molecule has 1 amide bonds. The van der Waals surface area contributed by atoms with Crippen molar-refractivity contribution in [3.63, 3.8) is 0 Å². The van der Waals surface area contributed by atoms with Gasteiger partial charge in [-0.05, 0) is 42.0 Å². The van der Waals surface area contributed by atoms with Crippen LogP contribution in [0, 0.1) is 0 Å². The molecular formula is C27H32N4O2. The Labute approximate surface area is 196 Å². The number of carbonyl (C=O) groups excluding carboxylic acids is 1. The lowest BCUT2D eigenvalue weighted by Gasteiger charge is -2.37. The standard InChI is InChI=1S/C27H32N4O2/c1-33-24-13-11-22(12-14-24)21-31(26-10-6-5-9-25(26)27(28)32)20-17-29-15-18-30(19-16-29)23-7-3-2-4-8-23/h2-14H,15-21H2,1H3,(H2,28,32). The second-order valence-electron chi connectivity index (χ2n) is 8.32. The molecule has 4 rings (SSSR count). The van der Waals surface area contributed by atoms with Gasteiger partial charge in [-0.1, -0.05) is 42.5 Å². The minimum absolute atomic E-state index is 0.401. The van der Waals surface area contributed by atoms with E-state index in [9.17, 15) is 4.79 Å². The Morgan fingerprint density at radius 2 is 1.58 bits per heavy atom. The van der Waals surface area contributed by atoms with Crippen LogP contribution < -0.4 is 20.3 Å². The molecule has 0 aliphatic carbocycles. The first-order valence-electron chi connectivity index (χ1n) is 11.4. The summed E-state index contributed by atoms with van der Waals surface area (Å²) in [6, 6.07) is 26.3. The molecule has 0 radical (unpaired) electrons. The molecule has 6 nitrogen and oxygen atoms in total. The Morgan fingerprint density at radius 3 is 2.24 bits per heavy atom. The summed E-state index contributed by atoms with van der Waals surface area (Å²) in [5.74, 6) is 0.431. The highest BCUT2D eigenvalue weighted by atomic mass is 16.5. The molecule has 3 aromatic carbocycles. The summed E-state index contributed by atoms with van der Waals surface area (Å²) >= 11 is 0. The molecule has 1 aliphatic heterocycles. The Bertz CT molecular complexity index is 1030. The molecule has 2 N–H and O–H groups in total. The van der Waals surface area contributed by atoms with Crippen LogP contribution in [0.5, 0.6) is 5.75 Å². The van der Waals surface area contributed by atoms with E-state index in [4.69, 9.17) is 10.5 Å². The molecule has 172 valence electrons. The minimum atomic E-state index is -0.401. The largest absolute Gasteiger partial charge is 0.497 e. The molecule has 0 atom stereocenters. The van der Waals surface area contributed by atoms with Gasteiger partial charge in [0.2, 0.25) is 0 Å². The molecule has 6 heteroatoms. The number of anilines is 2. The highest BCUT2D eigenvalue weighted by Crippen LogP contribution is 2.23. The fourth-order valence-electron chi connectivity index (χ4n) is 4.32. The summed E-state index contributed by atoms with van der Waals surface area (Å²) in [5, 5.41) is 0. The number of nitrogens with zero attached hydrogens (tertiary/aromatic N) is 3. The van der Waals surface area contributed by atoms with Crippen molar-refractivity contribution in [2.45, 2.75) is 6.54 Å². The highest BCUT2D eigenvalue weighted by molar-refractivity contribution is 5.98. The third-order valence-electron chi connectivity index (χ3n) is 6.22. The van der Waals surface area contributed by atoms with Crippen molar-refractivity contribution in [3.8, 4) is 5.75 Å². The molecule has 0 aromatic heterocycles. The number of primary amides is 1. The SMILES string of the molecule is COc1ccc(CN(CCN2CCN(c3ccccc3)CC2)c2ccccc2C(N)=O)cc1. The van der Waals surface area contributed by atoms with Crippen LogP contribution >= 0.6 is 0 Å². The monoisotopic (exact) mass is 444 g/mol. The van der Waals surface area contributed by atoms with E-state index in [0.717, 1.165) is 56.3 Å². The number of nitrogens with two attached hydrogens (primary N) is 1. The van der Waals surface area contributed by atoms with Crippen LogP contribution in [0.3, 0.4) is 0 Å². The van der Waals surface area contributed by atoms with Gasteiger partial charge in [0, 0.05) is 57.2 Å². The highest BCUT2D eigenvalue weighted by Gasteiger charge is 2.20. The van der Waals surface area contributed by atoms with E-state index in [2.05, 4.69) is 57.2 Å². The van der Waals surface area contributed by atoms with E-state index >= 15 is 0 Å². The van der Waals surface area contributed by atoms with Crippen molar-refractivity contribution in [2.24, 2.45) is 5.73 Å². The molecule has 1 heterocycles. The predicted octanol–water partition coefficient (Wildman–Crippen LogP) is 3.62. The van der Waals surface area contributed by atoms with E-state index in [-0.39, 0.29) is 0 Å². The molecule has 1 fully saturated rings. The smallest absolute Gasteiger partial charge is 0.250 e. The summed E-state index contributed by atoms with van der Waals surface area (Å²) in [4.78, 5) is 19.3. The average molecular weight is 445 g/mol. The summed E-state index contributed by atoms with van der Waals surface area (Å²) in [5.41, 5.74) is 9.57. The van der Waals surface area contributed by atoms with Crippen LogP contribution in [0.1, 0.15) is 15.9 Å². The molecule has 0 unspecified atom stereocenters. The molecule has 0 saturated carbocycles. The Hall–Kier alpha value is -3.51. The zero-order valence-electron chi connectivity index (χ0n) is 19.2. The van der Waals surface area contributed by atoms with Gasteiger partial charge in [0.05, 0.1) is 12.7 Å². The second-order valence-corrected chi connectivity index (χ2v) is 8.32. The van der Waals surface area contributed by atoms with Crippen LogP contribution in [-0.2, 0) is 6.54 Å². The maximum atomic E-state index is 12.1. The average Bonchev–Trinajstić information content (AvgIpc) is 2.87. The summed E-state index contributed by atoms with van der Waals surface area (Å²) in [7, 11) is 1.67. The molecule has 0 spiro atoms. The van der Waals surface area contributed by atoms with Crippen LogP contribution in [0.25, 0.3) is 0 Å². The number of amides is 1. The van der Waals surface area contributed by atoms with Crippen LogP contribution in [-0.4, -0.2) is 57.2 Å². The van der Waals surface area contributed by atoms with E-state index in [1.165, 1.54) is 5.69 Å². The molecule has 1 saturated heterocycles. The second kappa shape index (κ2) is 10.9. The number of para-hydroxylation sites is 2.